The fourth-order valence-electron chi connectivity index (χ4n) is 3.54. The van der Waals surface area contributed by atoms with E-state index in [9.17, 15) is 20.0 Å². The van der Waals surface area contributed by atoms with Gasteiger partial charge in [0, 0.05) is 32.2 Å². The highest BCUT2D eigenvalue weighted by Crippen LogP contribution is 2.46. The quantitative estimate of drug-likeness (QED) is 0.562. The third-order valence-electron chi connectivity index (χ3n) is 5.01. The molecule has 0 atom stereocenters. The van der Waals surface area contributed by atoms with Crippen LogP contribution in [0.1, 0.15) is 10.4 Å². The van der Waals surface area contributed by atoms with Crippen LogP contribution in [0.15, 0.2) is 30.3 Å². The Hall–Kier alpha value is -3.69. The van der Waals surface area contributed by atoms with Crippen LogP contribution in [0.4, 0.5) is 11.4 Å². The average Bonchev–Trinajstić information content (AvgIpc) is 2.77. The fourth-order valence-corrected chi connectivity index (χ4v) is 3.54. The number of aromatic hydroxyl groups is 1. The highest BCUT2D eigenvalue weighted by Gasteiger charge is 2.35. The number of carbonyl (C=O) groups is 1. The van der Waals surface area contributed by atoms with Crippen LogP contribution in [0.5, 0.6) is 23.0 Å². The standard InChI is InChI=1S/C20H23N3O7/c1-28-16-12-13(17(23(26)27)19(30-3)18(16)29-2)20(25)22-10-8-21(9-11-22)14-6-4-5-7-15(14)24/h4-7,12,24H,8-11H2,1-3H3. The first-order valence-electron chi connectivity index (χ1n) is 9.22. The summed E-state index contributed by atoms with van der Waals surface area (Å²) in [6.07, 6.45) is 0. The Morgan fingerprint density at radius 3 is 2.20 bits per heavy atom. The molecule has 2 aromatic rings. The maximum Gasteiger partial charge on any atom is 0.327 e. The van der Waals surface area contributed by atoms with Crippen molar-refractivity contribution in [2.24, 2.45) is 0 Å². The van der Waals surface area contributed by atoms with Gasteiger partial charge in [0.25, 0.3) is 5.91 Å². The summed E-state index contributed by atoms with van der Waals surface area (Å²) < 4.78 is 15.6. The molecular formula is C20H23N3O7. The second-order valence-electron chi connectivity index (χ2n) is 6.57. The molecule has 0 aromatic heterocycles. The van der Waals surface area contributed by atoms with E-state index < -0.39 is 16.5 Å². The Morgan fingerprint density at radius 1 is 1.03 bits per heavy atom. The van der Waals surface area contributed by atoms with Crippen LogP contribution in [0.3, 0.4) is 0 Å². The van der Waals surface area contributed by atoms with Gasteiger partial charge in [-0.25, -0.2) is 0 Å². The van der Waals surface area contributed by atoms with Crippen LogP contribution < -0.4 is 19.1 Å². The van der Waals surface area contributed by atoms with Gasteiger partial charge in [-0.1, -0.05) is 12.1 Å². The number of piperazine rings is 1. The number of nitrogens with zero attached hydrogens (tertiary/aromatic N) is 3. The molecule has 10 heteroatoms. The predicted octanol–water partition coefficient (Wildman–Crippen LogP) is 2.29. The van der Waals surface area contributed by atoms with Crippen LogP contribution in [-0.2, 0) is 0 Å². The molecule has 10 nitrogen and oxygen atoms in total. The number of phenols is 1. The number of phenolic OH excluding ortho intramolecular Hbond substituents is 1. The number of methoxy groups -OCH3 is 3. The van der Waals surface area contributed by atoms with E-state index in [0.29, 0.717) is 31.9 Å². The molecule has 0 unspecified atom stereocenters. The molecule has 1 amide bonds. The van der Waals surface area contributed by atoms with Gasteiger partial charge in [0.15, 0.2) is 5.75 Å². The van der Waals surface area contributed by atoms with Crippen LogP contribution in [-0.4, -0.2) is 68.3 Å². The first kappa shape index (κ1) is 21.0. The molecule has 0 aliphatic carbocycles. The van der Waals surface area contributed by atoms with Crippen molar-refractivity contribution in [3.05, 3.63) is 46.0 Å². The van der Waals surface area contributed by atoms with E-state index >= 15 is 0 Å². The van der Waals surface area contributed by atoms with Crippen LogP contribution in [0.2, 0.25) is 0 Å². The number of nitro groups is 1. The van der Waals surface area contributed by atoms with E-state index in [-0.39, 0.29) is 28.6 Å². The van der Waals surface area contributed by atoms with Crippen LogP contribution in [0.25, 0.3) is 0 Å². The minimum Gasteiger partial charge on any atom is -0.506 e. The van der Waals surface area contributed by atoms with Crippen molar-refractivity contribution >= 4 is 17.3 Å². The van der Waals surface area contributed by atoms with E-state index in [4.69, 9.17) is 14.2 Å². The zero-order chi connectivity index (χ0) is 21.8. The lowest BCUT2D eigenvalue weighted by atomic mass is 10.1. The Balaban J connectivity index is 1.90. The summed E-state index contributed by atoms with van der Waals surface area (Å²) in [6, 6.07) is 8.27. The Kier molecular flexibility index (Phi) is 6.14. The number of benzene rings is 2. The summed E-state index contributed by atoms with van der Waals surface area (Å²) in [6.45, 7) is 1.62. The predicted molar refractivity (Wildman–Crippen MR) is 109 cm³/mol. The number of hydrogen-bond acceptors (Lipinski definition) is 8. The number of rotatable bonds is 6. The minimum absolute atomic E-state index is 0.0487. The monoisotopic (exact) mass is 417 g/mol. The van der Waals surface area contributed by atoms with Gasteiger partial charge in [0.05, 0.1) is 31.9 Å². The van der Waals surface area contributed by atoms with E-state index in [2.05, 4.69) is 0 Å². The molecule has 3 rings (SSSR count). The summed E-state index contributed by atoms with van der Waals surface area (Å²) in [7, 11) is 3.98. The van der Waals surface area contributed by atoms with E-state index in [0.717, 1.165) is 0 Å². The smallest absolute Gasteiger partial charge is 0.327 e. The molecule has 1 saturated heterocycles. The first-order chi connectivity index (χ1) is 14.4. The van der Waals surface area contributed by atoms with Gasteiger partial charge in [0.2, 0.25) is 11.5 Å². The molecule has 1 aliphatic rings. The number of ether oxygens (including phenoxy) is 3. The van der Waals surface area contributed by atoms with Crippen LogP contribution in [0, 0.1) is 10.1 Å². The third kappa shape index (κ3) is 3.76. The Bertz CT molecular complexity index is 956. The van der Waals surface area contributed by atoms with Gasteiger partial charge < -0.3 is 29.1 Å². The molecule has 1 aliphatic heterocycles. The molecule has 30 heavy (non-hydrogen) atoms. The summed E-state index contributed by atoms with van der Waals surface area (Å²) in [5.41, 5.74) is 0.0807. The number of nitro benzene ring substituents is 1. The van der Waals surface area contributed by atoms with Gasteiger partial charge in [-0.3, -0.25) is 14.9 Å². The second kappa shape index (κ2) is 8.76. The molecule has 0 bridgehead atoms. The summed E-state index contributed by atoms with van der Waals surface area (Å²) in [5.74, 6) is -0.294. The third-order valence-corrected chi connectivity index (χ3v) is 5.01. The molecule has 0 radical (unpaired) electrons. The van der Waals surface area contributed by atoms with E-state index in [1.54, 1.807) is 18.2 Å². The minimum atomic E-state index is -0.660. The van der Waals surface area contributed by atoms with Gasteiger partial charge in [-0.2, -0.15) is 0 Å². The van der Waals surface area contributed by atoms with Crippen molar-refractivity contribution in [3.8, 4) is 23.0 Å². The second-order valence-corrected chi connectivity index (χ2v) is 6.57. The van der Waals surface area contributed by atoms with Crippen molar-refractivity contribution in [1.29, 1.82) is 0 Å². The lowest BCUT2D eigenvalue weighted by Gasteiger charge is -2.36. The highest BCUT2D eigenvalue weighted by molar-refractivity contribution is 6.00. The molecule has 2 aromatic carbocycles. The normalized spacial score (nSPS) is 13.7. The maximum atomic E-state index is 13.2. The Labute approximate surface area is 173 Å². The van der Waals surface area contributed by atoms with Gasteiger partial charge in [-0.15, -0.1) is 0 Å². The number of hydrogen-bond donors (Lipinski definition) is 1. The lowest BCUT2D eigenvalue weighted by Crippen LogP contribution is -2.49. The van der Waals surface area contributed by atoms with Crippen molar-refractivity contribution in [3.63, 3.8) is 0 Å². The first-order valence-corrected chi connectivity index (χ1v) is 9.22. The van der Waals surface area contributed by atoms with Crippen LogP contribution >= 0.6 is 0 Å². The zero-order valence-electron chi connectivity index (χ0n) is 17.0. The number of para-hydroxylation sites is 2. The SMILES string of the molecule is COc1cc(C(=O)N2CCN(c3ccccc3O)CC2)c([N+](=O)[O-])c(OC)c1OC. The molecular weight excluding hydrogens is 394 g/mol. The molecule has 0 spiro atoms. The van der Waals surface area contributed by atoms with Crippen molar-refractivity contribution in [2.75, 3.05) is 52.4 Å². The van der Waals surface area contributed by atoms with Crippen molar-refractivity contribution in [2.45, 2.75) is 0 Å². The summed E-state index contributed by atoms with van der Waals surface area (Å²) >= 11 is 0. The van der Waals surface area contributed by atoms with Crippen molar-refractivity contribution < 1.29 is 29.0 Å². The van der Waals surface area contributed by atoms with Gasteiger partial charge in [0.1, 0.15) is 11.3 Å². The highest BCUT2D eigenvalue weighted by atomic mass is 16.6. The summed E-state index contributed by atoms with van der Waals surface area (Å²) in [5, 5.41) is 21.8. The van der Waals surface area contributed by atoms with Gasteiger partial charge >= 0.3 is 5.69 Å². The molecule has 1 fully saturated rings. The number of amides is 1. The van der Waals surface area contributed by atoms with Crippen molar-refractivity contribution in [1.82, 2.24) is 4.90 Å². The van der Waals surface area contributed by atoms with E-state index in [1.165, 1.54) is 32.3 Å². The average molecular weight is 417 g/mol. The molecule has 1 N–H and O–H groups in total. The number of carbonyl (C=O) groups excluding carboxylic acids is 1. The van der Waals surface area contributed by atoms with E-state index in [1.807, 2.05) is 11.0 Å². The molecule has 0 saturated carbocycles. The topological polar surface area (TPSA) is 115 Å². The Morgan fingerprint density at radius 2 is 1.67 bits per heavy atom. The molecule has 160 valence electrons. The number of anilines is 1. The maximum absolute atomic E-state index is 13.2. The lowest BCUT2D eigenvalue weighted by molar-refractivity contribution is -0.386. The molecule has 1 heterocycles. The zero-order valence-corrected chi connectivity index (χ0v) is 17.0. The summed E-state index contributed by atoms with van der Waals surface area (Å²) in [4.78, 5) is 27.8. The largest absolute Gasteiger partial charge is 0.506 e. The fraction of sp³-hybridized carbons (Fsp3) is 0.350. The van der Waals surface area contributed by atoms with Gasteiger partial charge in [-0.05, 0) is 12.1 Å².